The Morgan fingerprint density at radius 3 is 2.49 bits per heavy atom. The summed E-state index contributed by atoms with van der Waals surface area (Å²) in [4.78, 5) is 32.0. The maximum atomic E-state index is 15.0. The number of thioether (sulfide) groups is 1. The molecular weight excluding hydrogens is 588 g/mol. The molecule has 2 N–H and O–H groups in total. The quantitative estimate of drug-likeness (QED) is 0.306. The van der Waals surface area contributed by atoms with Gasteiger partial charge in [0.2, 0.25) is 5.91 Å². The summed E-state index contributed by atoms with van der Waals surface area (Å²) in [5.41, 5.74) is 0.646. The Morgan fingerprint density at radius 1 is 1.07 bits per heavy atom. The molecule has 2 heterocycles. The number of hydrogen-bond donors (Lipinski definition) is 2. The van der Waals surface area contributed by atoms with E-state index in [4.69, 9.17) is 21.7 Å². The Hall–Kier alpha value is -3.83. The molecule has 5 rings (SSSR count). The van der Waals surface area contributed by atoms with E-state index < -0.39 is 11.4 Å². The molecule has 8 nitrogen and oxygen atoms in total. The van der Waals surface area contributed by atoms with Gasteiger partial charge in [0.15, 0.2) is 5.11 Å². The minimum atomic E-state index is -1.22. The molecule has 3 aromatic rings. The van der Waals surface area contributed by atoms with Crippen molar-refractivity contribution >= 4 is 46.6 Å². The van der Waals surface area contributed by atoms with Gasteiger partial charge in [-0.25, -0.2) is 4.39 Å². The van der Waals surface area contributed by atoms with Gasteiger partial charge >= 0.3 is 0 Å². The second kappa shape index (κ2) is 13.6. The van der Waals surface area contributed by atoms with E-state index >= 15 is 4.39 Å². The number of benzene rings is 3. The first-order valence-electron chi connectivity index (χ1n) is 14.1. The standard InChI is InChI=1S/C32H35FN4O4S2/c1-40-24-12-13-26(28(18-24)41-2)34-30(39)32(14-16-43-17-15-32)37(19-23-10-6-7-11-25(23)33)29(38)21-36-20-27(35-31(36)42)22-8-4-3-5-9-22/h3-13,18,27H,14-17,19-21H2,1-2H3,(H,34,39)(H,35,42)/t27-/m1/s1. The SMILES string of the molecule is COc1ccc(NC(=O)C2(N(Cc3ccccc3F)C(=O)CN3C[C@H](c4ccccc4)NC3=S)CCSCC2)c(OC)c1. The Morgan fingerprint density at radius 2 is 1.79 bits per heavy atom. The molecule has 1 atom stereocenters. The van der Waals surface area contributed by atoms with Gasteiger partial charge in [-0.15, -0.1) is 0 Å². The summed E-state index contributed by atoms with van der Waals surface area (Å²) in [6, 6.07) is 21.3. The van der Waals surface area contributed by atoms with Crippen LogP contribution in [0.3, 0.4) is 0 Å². The van der Waals surface area contributed by atoms with Crippen LogP contribution in [0.5, 0.6) is 11.5 Å². The van der Waals surface area contributed by atoms with Crippen molar-refractivity contribution in [3.05, 3.63) is 89.7 Å². The molecule has 2 aliphatic rings. The van der Waals surface area contributed by atoms with Crippen LogP contribution in [0.4, 0.5) is 10.1 Å². The van der Waals surface area contributed by atoms with Crippen molar-refractivity contribution in [2.75, 3.05) is 44.1 Å². The van der Waals surface area contributed by atoms with Crippen LogP contribution in [0.1, 0.15) is 30.0 Å². The predicted molar refractivity (Wildman–Crippen MR) is 171 cm³/mol. The summed E-state index contributed by atoms with van der Waals surface area (Å²) in [5, 5.41) is 6.80. The third-order valence-electron chi connectivity index (χ3n) is 8.02. The summed E-state index contributed by atoms with van der Waals surface area (Å²) < 4.78 is 25.8. The zero-order valence-corrected chi connectivity index (χ0v) is 25.8. The van der Waals surface area contributed by atoms with Crippen molar-refractivity contribution in [3.63, 3.8) is 0 Å². The molecular formula is C32H35FN4O4S2. The molecule has 43 heavy (non-hydrogen) atoms. The van der Waals surface area contributed by atoms with Gasteiger partial charge in [0.05, 0.1) is 32.5 Å². The smallest absolute Gasteiger partial charge is 0.250 e. The number of hydrogen-bond acceptors (Lipinski definition) is 6. The Kier molecular flexibility index (Phi) is 9.72. The lowest BCUT2D eigenvalue weighted by Gasteiger charge is -2.45. The van der Waals surface area contributed by atoms with Gasteiger partial charge in [-0.3, -0.25) is 9.59 Å². The zero-order valence-electron chi connectivity index (χ0n) is 24.2. The highest BCUT2D eigenvalue weighted by atomic mass is 32.2. The Bertz CT molecular complexity index is 1470. The topological polar surface area (TPSA) is 83.1 Å². The number of nitrogens with one attached hydrogen (secondary N) is 2. The van der Waals surface area contributed by atoms with Crippen molar-refractivity contribution in [2.45, 2.75) is 31.0 Å². The second-order valence-corrected chi connectivity index (χ2v) is 12.1. The summed E-state index contributed by atoms with van der Waals surface area (Å²) >= 11 is 7.35. The molecule has 0 spiro atoms. The van der Waals surface area contributed by atoms with Gasteiger partial charge in [-0.2, -0.15) is 11.8 Å². The fraction of sp³-hybridized carbons (Fsp3) is 0.344. The maximum absolute atomic E-state index is 15.0. The van der Waals surface area contributed by atoms with Gasteiger partial charge in [-0.05, 0) is 60.3 Å². The van der Waals surface area contributed by atoms with E-state index in [1.807, 2.05) is 35.2 Å². The highest BCUT2D eigenvalue weighted by Gasteiger charge is 2.48. The maximum Gasteiger partial charge on any atom is 0.250 e. The average Bonchev–Trinajstić information content (AvgIpc) is 3.40. The van der Waals surface area contributed by atoms with E-state index in [2.05, 4.69) is 10.6 Å². The minimum Gasteiger partial charge on any atom is -0.497 e. The van der Waals surface area contributed by atoms with E-state index in [9.17, 15) is 9.59 Å². The van der Waals surface area contributed by atoms with Crippen LogP contribution in [0.25, 0.3) is 0 Å². The van der Waals surface area contributed by atoms with Crippen LogP contribution < -0.4 is 20.1 Å². The number of thiocarbonyl (C=S) groups is 1. The van der Waals surface area contributed by atoms with Crippen LogP contribution >= 0.6 is 24.0 Å². The number of rotatable bonds is 10. The number of methoxy groups -OCH3 is 2. The molecule has 0 radical (unpaired) electrons. The first-order valence-corrected chi connectivity index (χ1v) is 15.7. The molecule has 2 amide bonds. The summed E-state index contributed by atoms with van der Waals surface area (Å²) in [6.45, 7) is 0.400. The molecule has 0 aromatic heterocycles. The molecule has 226 valence electrons. The van der Waals surface area contributed by atoms with Gasteiger partial charge in [-0.1, -0.05) is 48.5 Å². The molecule has 0 bridgehead atoms. The highest BCUT2D eigenvalue weighted by Crippen LogP contribution is 2.37. The largest absolute Gasteiger partial charge is 0.497 e. The molecule has 0 saturated carbocycles. The van der Waals surface area contributed by atoms with Gasteiger partial charge in [0.25, 0.3) is 5.91 Å². The van der Waals surface area contributed by atoms with E-state index in [-0.39, 0.29) is 30.9 Å². The number of carbonyl (C=O) groups is 2. The van der Waals surface area contributed by atoms with Crippen molar-refractivity contribution in [3.8, 4) is 11.5 Å². The summed E-state index contributed by atoms with van der Waals surface area (Å²) in [6.07, 6.45) is 0.828. The van der Waals surface area contributed by atoms with Crippen LogP contribution in [-0.2, 0) is 16.1 Å². The van der Waals surface area contributed by atoms with Crippen molar-refractivity contribution in [2.24, 2.45) is 0 Å². The van der Waals surface area contributed by atoms with Crippen LogP contribution in [-0.4, -0.2) is 71.1 Å². The highest BCUT2D eigenvalue weighted by molar-refractivity contribution is 7.99. The van der Waals surface area contributed by atoms with E-state index in [1.54, 1.807) is 60.2 Å². The first kappa shape index (κ1) is 30.6. The van der Waals surface area contributed by atoms with Crippen LogP contribution in [0.2, 0.25) is 0 Å². The monoisotopic (exact) mass is 622 g/mol. The number of nitrogens with zero attached hydrogens (tertiary/aromatic N) is 2. The van der Waals surface area contributed by atoms with Crippen molar-refractivity contribution < 1.29 is 23.5 Å². The molecule has 11 heteroatoms. The first-order chi connectivity index (χ1) is 20.8. The van der Waals surface area contributed by atoms with Crippen LogP contribution in [0, 0.1) is 5.82 Å². The fourth-order valence-corrected chi connectivity index (χ4v) is 7.04. The van der Waals surface area contributed by atoms with Crippen molar-refractivity contribution in [1.29, 1.82) is 0 Å². The Balaban J connectivity index is 1.46. The number of ether oxygens (including phenoxy) is 2. The lowest BCUT2D eigenvalue weighted by atomic mass is 9.87. The molecule has 2 fully saturated rings. The van der Waals surface area contributed by atoms with Gasteiger partial charge in [0.1, 0.15) is 22.9 Å². The molecule has 2 saturated heterocycles. The normalized spacial score (nSPS) is 17.6. The fourth-order valence-electron chi connectivity index (χ4n) is 5.59. The van der Waals surface area contributed by atoms with Crippen molar-refractivity contribution in [1.82, 2.24) is 15.1 Å². The third kappa shape index (κ3) is 6.73. The minimum absolute atomic E-state index is 0.0440. The predicted octanol–water partition coefficient (Wildman–Crippen LogP) is 5.01. The van der Waals surface area contributed by atoms with E-state index in [1.165, 1.54) is 13.2 Å². The summed E-state index contributed by atoms with van der Waals surface area (Å²) in [7, 11) is 3.07. The molecule has 0 unspecified atom stereocenters. The second-order valence-electron chi connectivity index (χ2n) is 10.5. The average molecular weight is 623 g/mol. The van der Waals surface area contributed by atoms with Crippen LogP contribution in [0.15, 0.2) is 72.8 Å². The zero-order chi connectivity index (χ0) is 30.4. The van der Waals surface area contributed by atoms with Gasteiger partial charge < -0.3 is 29.9 Å². The molecule has 2 aliphatic heterocycles. The van der Waals surface area contributed by atoms with Gasteiger partial charge in [0, 0.05) is 24.7 Å². The number of halogens is 1. The third-order valence-corrected chi connectivity index (χ3v) is 9.38. The number of amides is 2. The number of carbonyl (C=O) groups excluding carboxylic acids is 2. The lowest BCUT2D eigenvalue weighted by molar-refractivity contribution is -0.147. The Labute approximate surface area is 260 Å². The molecule has 3 aromatic carbocycles. The van der Waals surface area contributed by atoms with E-state index in [0.29, 0.717) is 58.8 Å². The summed E-state index contributed by atoms with van der Waals surface area (Å²) in [5.74, 6) is 1.29. The molecule has 0 aliphatic carbocycles. The lowest BCUT2D eigenvalue weighted by Crippen LogP contribution is -2.62. The van der Waals surface area contributed by atoms with E-state index in [0.717, 1.165) is 5.56 Å². The number of anilines is 1.